The van der Waals surface area contributed by atoms with E-state index in [4.69, 9.17) is 14.2 Å². The summed E-state index contributed by atoms with van der Waals surface area (Å²) in [6.07, 6.45) is 1.86. The number of anilines is 1. The van der Waals surface area contributed by atoms with Crippen LogP contribution in [-0.4, -0.2) is 63.4 Å². The van der Waals surface area contributed by atoms with E-state index in [1.807, 2.05) is 52.0 Å². The van der Waals surface area contributed by atoms with Gasteiger partial charge >= 0.3 is 0 Å². The monoisotopic (exact) mass is 561 g/mol. The minimum absolute atomic E-state index is 0.0554. The van der Waals surface area contributed by atoms with Gasteiger partial charge in [0, 0.05) is 31.1 Å². The molecule has 0 radical (unpaired) electrons. The first kappa shape index (κ1) is 30.1. The average Bonchev–Trinajstić information content (AvgIpc) is 3.32. The predicted molar refractivity (Wildman–Crippen MR) is 150 cm³/mol. The summed E-state index contributed by atoms with van der Waals surface area (Å²) in [4.78, 5) is 28.4. The topological polar surface area (TPSA) is 114 Å². The van der Waals surface area contributed by atoms with Crippen LogP contribution >= 0.6 is 0 Å². The molecule has 0 aromatic heterocycles. The van der Waals surface area contributed by atoms with E-state index in [-0.39, 0.29) is 44.5 Å². The smallest absolute Gasteiger partial charge is 0.243 e. The Bertz CT molecular complexity index is 1270. The van der Waals surface area contributed by atoms with Crippen LogP contribution in [0.15, 0.2) is 42.5 Å². The van der Waals surface area contributed by atoms with E-state index in [1.54, 1.807) is 30.2 Å². The second-order valence-electron chi connectivity index (χ2n) is 10.5. The van der Waals surface area contributed by atoms with Crippen LogP contribution < -0.4 is 23.8 Å². The molecule has 0 fully saturated rings. The van der Waals surface area contributed by atoms with Gasteiger partial charge in [-0.1, -0.05) is 19.1 Å². The fraction of sp³-hybridized carbons (Fsp3) is 0.500. The molecule has 1 N–H and O–H groups in total. The van der Waals surface area contributed by atoms with Gasteiger partial charge in [-0.05, 0) is 63.4 Å². The maximum absolute atomic E-state index is 13.6. The molecule has 0 bridgehead atoms. The van der Waals surface area contributed by atoms with E-state index in [0.717, 1.165) is 11.8 Å². The maximum atomic E-state index is 13.6. The number of nitrogens with one attached hydrogen (secondary N) is 1. The van der Waals surface area contributed by atoms with Crippen molar-refractivity contribution in [2.45, 2.75) is 65.1 Å². The fourth-order valence-electron chi connectivity index (χ4n) is 4.38. The quantitative estimate of drug-likeness (QED) is 0.420. The van der Waals surface area contributed by atoms with Crippen LogP contribution in [0.1, 0.15) is 52.5 Å². The van der Waals surface area contributed by atoms with Gasteiger partial charge in [-0.2, -0.15) is 0 Å². The molecular formula is C28H39N3O7S. The number of carbonyl (C=O) groups is 2. The molecule has 214 valence electrons. The van der Waals surface area contributed by atoms with Crippen LogP contribution in [0.4, 0.5) is 5.69 Å². The Morgan fingerprint density at radius 3 is 2.46 bits per heavy atom. The number of hydrogen-bond donors (Lipinski definition) is 1. The van der Waals surface area contributed by atoms with Crippen LogP contribution in [0.3, 0.4) is 0 Å². The molecule has 0 spiro atoms. The van der Waals surface area contributed by atoms with Crippen molar-refractivity contribution in [1.29, 1.82) is 0 Å². The summed E-state index contributed by atoms with van der Waals surface area (Å²) in [5.74, 6) is 1.19. The van der Waals surface area contributed by atoms with Crippen molar-refractivity contribution in [2.75, 3.05) is 31.0 Å². The zero-order valence-corrected chi connectivity index (χ0v) is 24.3. The Morgan fingerprint density at radius 2 is 1.82 bits per heavy atom. The molecule has 2 aromatic rings. The highest BCUT2D eigenvalue weighted by Crippen LogP contribution is 2.36. The normalized spacial score (nSPS) is 13.5. The zero-order valence-electron chi connectivity index (χ0n) is 23.5. The highest BCUT2D eigenvalue weighted by atomic mass is 32.2. The molecule has 0 saturated carbocycles. The molecule has 11 heteroatoms. The lowest BCUT2D eigenvalue weighted by Gasteiger charge is -2.33. The number of methoxy groups -OCH3 is 1. The molecule has 0 aliphatic carbocycles. The van der Waals surface area contributed by atoms with E-state index in [2.05, 4.69) is 5.32 Å². The van der Waals surface area contributed by atoms with Gasteiger partial charge < -0.3 is 24.4 Å². The molecule has 2 aromatic carbocycles. The van der Waals surface area contributed by atoms with E-state index in [1.165, 1.54) is 4.31 Å². The molecule has 1 aliphatic heterocycles. The van der Waals surface area contributed by atoms with E-state index in [0.29, 0.717) is 29.4 Å². The number of nitrogens with zero attached hydrogens (tertiary/aromatic N) is 2. The first-order chi connectivity index (χ1) is 18.3. The van der Waals surface area contributed by atoms with Gasteiger partial charge in [0.1, 0.15) is 11.8 Å². The van der Waals surface area contributed by atoms with Gasteiger partial charge in [0.15, 0.2) is 11.5 Å². The van der Waals surface area contributed by atoms with Crippen molar-refractivity contribution >= 4 is 27.5 Å². The van der Waals surface area contributed by atoms with Gasteiger partial charge in [0.2, 0.25) is 28.6 Å². The van der Waals surface area contributed by atoms with Crippen LogP contribution in [0, 0.1) is 0 Å². The molecule has 10 nitrogen and oxygen atoms in total. The van der Waals surface area contributed by atoms with Crippen molar-refractivity contribution in [3.63, 3.8) is 0 Å². The summed E-state index contributed by atoms with van der Waals surface area (Å²) < 4.78 is 42.5. The molecule has 1 aliphatic rings. The van der Waals surface area contributed by atoms with Crippen LogP contribution in [0.25, 0.3) is 0 Å². The van der Waals surface area contributed by atoms with Gasteiger partial charge in [-0.15, -0.1) is 0 Å². The molecule has 0 saturated heterocycles. The van der Waals surface area contributed by atoms with Crippen LogP contribution in [-0.2, 0) is 26.2 Å². The SMILES string of the molecule is CC[C@@H](C(=O)NC(C)(C)C)N(Cc1cccc(OC)c1)C(=O)CCCN(c1ccc2c(c1)OCO2)S(C)(=O)=O. The van der Waals surface area contributed by atoms with Crippen LogP contribution in [0.2, 0.25) is 0 Å². The van der Waals surface area contributed by atoms with Gasteiger partial charge in [0.05, 0.1) is 19.1 Å². The van der Waals surface area contributed by atoms with Crippen molar-refractivity contribution in [3.8, 4) is 17.2 Å². The first-order valence-electron chi connectivity index (χ1n) is 12.9. The third-order valence-corrected chi connectivity index (χ3v) is 7.36. The summed E-state index contributed by atoms with van der Waals surface area (Å²) in [5.41, 5.74) is 0.789. The second kappa shape index (κ2) is 12.6. The lowest BCUT2D eigenvalue weighted by Crippen LogP contribution is -2.53. The molecule has 2 amide bonds. The van der Waals surface area contributed by atoms with Crippen molar-refractivity contribution in [1.82, 2.24) is 10.2 Å². The van der Waals surface area contributed by atoms with E-state index >= 15 is 0 Å². The number of rotatable bonds is 12. The Morgan fingerprint density at radius 1 is 1.10 bits per heavy atom. The average molecular weight is 562 g/mol. The second-order valence-corrected chi connectivity index (χ2v) is 12.4. The number of fused-ring (bicyclic) bond motifs is 1. The molecule has 0 unspecified atom stereocenters. The molecular weight excluding hydrogens is 522 g/mol. The lowest BCUT2D eigenvalue weighted by atomic mass is 10.0. The lowest BCUT2D eigenvalue weighted by molar-refractivity contribution is -0.142. The summed E-state index contributed by atoms with van der Waals surface area (Å²) in [6.45, 7) is 7.91. The highest BCUT2D eigenvalue weighted by molar-refractivity contribution is 7.92. The number of ether oxygens (including phenoxy) is 3. The third-order valence-electron chi connectivity index (χ3n) is 6.17. The summed E-state index contributed by atoms with van der Waals surface area (Å²) in [7, 11) is -2.06. The minimum Gasteiger partial charge on any atom is -0.497 e. The van der Waals surface area contributed by atoms with Gasteiger partial charge in [-0.25, -0.2) is 8.42 Å². The third kappa shape index (κ3) is 8.26. The van der Waals surface area contributed by atoms with E-state index < -0.39 is 21.6 Å². The Kier molecular flexibility index (Phi) is 9.71. The zero-order chi connectivity index (χ0) is 28.8. The molecule has 39 heavy (non-hydrogen) atoms. The molecule has 3 rings (SSSR count). The number of hydrogen-bond acceptors (Lipinski definition) is 7. The highest BCUT2D eigenvalue weighted by Gasteiger charge is 2.31. The minimum atomic E-state index is -3.63. The van der Waals surface area contributed by atoms with E-state index in [9.17, 15) is 18.0 Å². The number of benzene rings is 2. The van der Waals surface area contributed by atoms with Crippen LogP contribution in [0.5, 0.6) is 17.2 Å². The molecule has 1 heterocycles. The number of amides is 2. The number of carbonyl (C=O) groups excluding carboxylic acids is 2. The van der Waals surface area contributed by atoms with Crippen molar-refractivity contribution < 1.29 is 32.2 Å². The summed E-state index contributed by atoms with van der Waals surface area (Å²) in [5, 5.41) is 2.98. The van der Waals surface area contributed by atoms with Gasteiger partial charge in [-0.3, -0.25) is 13.9 Å². The van der Waals surface area contributed by atoms with Crippen molar-refractivity contribution in [2.24, 2.45) is 0 Å². The summed E-state index contributed by atoms with van der Waals surface area (Å²) >= 11 is 0. The molecule has 1 atom stereocenters. The Hall–Kier alpha value is -3.47. The Labute approximate surface area is 231 Å². The number of sulfonamides is 1. The summed E-state index contributed by atoms with van der Waals surface area (Å²) in [6, 6.07) is 11.6. The van der Waals surface area contributed by atoms with Gasteiger partial charge in [0.25, 0.3) is 0 Å². The largest absolute Gasteiger partial charge is 0.497 e. The fourth-order valence-corrected chi connectivity index (χ4v) is 5.34. The van der Waals surface area contributed by atoms with Crippen molar-refractivity contribution in [3.05, 3.63) is 48.0 Å². The first-order valence-corrected chi connectivity index (χ1v) is 14.8. The maximum Gasteiger partial charge on any atom is 0.243 e. The predicted octanol–water partition coefficient (Wildman–Crippen LogP) is 3.69. The Balaban J connectivity index is 1.79. The standard InChI is InChI=1S/C28H39N3O7S/c1-7-23(27(33)29-28(2,3)4)30(18-20-10-8-11-22(16-20)36-5)26(32)12-9-15-31(39(6,34)35)21-13-14-24-25(17-21)38-19-37-24/h8,10-11,13-14,16-17,23H,7,9,12,15,18-19H2,1-6H3,(H,29,33)/t23-/m0/s1.